The predicted octanol–water partition coefficient (Wildman–Crippen LogP) is -0.982. The number of ether oxygens (including phenoxy) is 1. The Morgan fingerprint density at radius 2 is 1.81 bits per heavy atom. The maximum Gasteiger partial charge on any atom is 0.312 e. The molecule has 26 heavy (non-hydrogen) atoms. The predicted molar refractivity (Wildman–Crippen MR) is 93.2 cm³/mol. The van der Waals surface area contributed by atoms with Crippen molar-refractivity contribution in [1.82, 2.24) is 10.6 Å². The number of hydrogen-bond acceptors (Lipinski definition) is 4. The molecule has 2 atom stereocenters. The highest BCUT2D eigenvalue weighted by atomic mass is 16.5. The number of carbonyl (C=O) groups excluding carboxylic acids is 3. The van der Waals surface area contributed by atoms with Crippen LogP contribution >= 0.6 is 0 Å². The zero-order chi connectivity index (χ0) is 18.3. The molecule has 5 fully saturated rings. The SMILES string of the molecule is COC(=O)C[C@H]1C(=O)NCC[NH+]1CC(=O)NC12CC3CC(CC(C3)C1)C2. The molecule has 5 rings (SSSR count). The molecule has 5 aliphatic rings. The van der Waals surface area contributed by atoms with Gasteiger partial charge in [0.25, 0.3) is 11.8 Å². The van der Waals surface area contributed by atoms with Crippen molar-refractivity contribution in [2.45, 2.75) is 56.5 Å². The quantitative estimate of drug-likeness (QED) is 0.547. The van der Waals surface area contributed by atoms with Gasteiger partial charge in [-0.3, -0.25) is 14.4 Å². The summed E-state index contributed by atoms with van der Waals surface area (Å²) in [5, 5.41) is 6.16. The number of methoxy groups -OCH3 is 1. The summed E-state index contributed by atoms with van der Waals surface area (Å²) in [6, 6.07) is -0.543. The minimum atomic E-state index is -0.543. The van der Waals surface area contributed by atoms with Crippen LogP contribution in [-0.4, -0.2) is 56.1 Å². The monoisotopic (exact) mass is 364 g/mol. The third kappa shape index (κ3) is 3.46. The molecule has 4 saturated carbocycles. The maximum atomic E-state index is 12.8. The summed E-state index contributed by atoms with van der Waals surface area (Å²) in [6.07, 6.45) is 7.39. The Kier molecular flexibility index (Phi) is 4.67. The van der Waals surface area contributed by atoms with Gasteiger partial charge in [0.1, 0.15) is 6.42 Å². The molecule has 0 aromatic heterocycles. The first-order chi connectivity index (χ1) is 12.5. The van der Waals surface area contributed by atoms with E-state index in [4.69, 9.17) is 4.74 Å². The number of esters is 1. The van der Waals surface area contributed by atoms with Gasteiger partial charge in [-0.15, -0.1) is 0 Å². The van der Waals surface area contributed by atoms with E-state index in [1.165, 1.54) is 26.4 Å². The van der Waals surface area contributed by atoms with Crippen LogP contribution in [0.5, 0.6) is 0 Å². The van der Waals surface area contributed by atoms with E-state index >= 15 is 0 Å². The molecule has 7 heteroatoms. The first-order valence-corrected chi connectivity index (χ1v) is 9.96. The minimum Gasteiger partial charge on any atom is -0.469 e. The van der Waals surface area contributed by atoms with Gasteiger partial charge in [-0.25, -0.2) is 0 Å². The van der Waals surface area contributed by atoms with Gasteiger partial charge in [0.15, 0.2) is 12.6 Å². The Morgan fingerprint density at radius 1 is 1.19 bits per heavy atom. The smallest absolute Gasteiger partial charge is 0.312 e. The van der Waals surface area contributed by atoms with Gasteiger partial charge < -0.3 is 20.3 Å². The lowest BCUT2D eigenvalue weighted by atomic mass is 9.53. The van der Waals surface area contributed by atoms with Crippen molar-refractivity contribution in [1.29, 1.82) is 0 Å². The van der Waals surface area contributed by atoms with Crippen LogP contribution in [0.1, 0.15) is 44.9 Å². The zero-order valence-electron chi connectivity index (χ0n) is 15.5. The van der Waals surface area contributed by atoms with Crippen LogP contribution in [0.4, 0.5) is 0 Å². The Morgan fingerprint density at radius 3 is 2.38 bits per heavy atom. The number of nitrogens with one attached hydrogen (secondary N) is 3. The lowest BCUT2D eigenvalue weighted by Crippen LogP contribution is -3.20. The van der Waals surface area contributed by atoms with E-state index in [1.807, 2.05) is 0 Å². The number of quaternary nitrogens is 1. The van der Waals surface area contributed by atoms with Crippen molar-refractivity contribution < 1.29 is 24.0 Å². The van der Waals surface area contributed by atoms with Crippen molar-refractivity contribution in [2.24, 2.45) is 17.8 Å². The van der Waals surface area contributed by atoms with Crippen molar-refractivity contribution in [3.05, 3.63) is 0 Å². The highest BCUT2D eigenvalue weighted by Gasteiger charge is 2.51. The van der Waals surface area contributed by atoms with Crippen LogP contribution < -0.4 is 15.5 Å². The normalized spacial score (nSPS) is 40.8. The third-order valence-electron chi connectivity index (χ3n) is 6.98. The third-order valence-corrected chi connectivity index (χ3v) is 6.98. The van der Waals surface area contributed by atoms with E-state index in [2.05, 4.69) is 10.6 Å². The minimum absolute atomic E-state index is 0.0127. The average Bonchev–Trinajstić information content (AvgIpc) is 2.56. The number of carbonyl (C=O) groups is 3. The molecule has 144 valence electrons. The average molecular weight is 364 g/mol. The molecule has 2 amide bonds. The van der Waals surface area contributed by atoms with Crippen molar-refractivity contribution in [2.75, 3.05) is 26.7 Å². The standard InChI is InChI=1S/C19H29N3O4/c1-26-17(24)7-15-18(25)20-2-3-22(15)11-16(23)21-19-8-12-4-13(9-19)6-14(5-12)10-19/h12-15H,2-11H2,1H3,(H,20,25)(H,21,23)/p+1/t12?,13?,14?,15-,19?/m0/s1. The molecular formula is C19H30N3O4+. The fraction of sp³-hybridized carbons (Fsp3) is 0.842. The van der Waals surface area contributed by atoms with Crippen LogP contribution in [0.15, 0.2) is 0 Å². The lowest BCUT2D eigenvalue weighted by Gasteiger charge is -2.56. The van der Waals surface area contributed by atoms with E-state index in [1.54, 1.807) is 0 Å². The largest absolute Gasteiger partial charge is 0.469 e. The van der Waals surface area contributed by atoms with Crippen LogP contribution in [0, 0.1) is 17.8 Å². The van der Waals surface area contributed by atoms with E-state index in [9.17, 15) is 14.4 Å². The first kappa shape index (κ1) is 17.8. The molecule has 0 spiro atoms. The first-order valence-electron chi connectivity index (χ1n) is 9.96. The van der Waals surface area contributed by atoms with Gasteiger partial charge in [0.2, 0.25) is 0 Å². The van der Waals surface area contributed by atoms with Crippen molar-refractivity contribution in [3.63, 3.8) is 0 Å². The lowest BCUT2D eigenvalue weighted by molar-refractivity contribution is -0.909. The van der Waals surface area contributed by atoms with Gasteiger partial charge in [-0.2, -0.15) is 0 Å². The summed E-state index contributed by atoms with van der Waals surface area (Å²) in [5.41, 5.74) is -0.0127. The summed E-state index contributed by atoms with van der Waals surface area (Å²) in [4.78, 5) is 37.5. The van der Waals surface area contributed by atoms with Gasteiger partial charge in [-0.05, 0) is 56.3 Å². The molecular weight excluding hydrogens is 334 g/mol. The molecule has 1 aliphatic heterocycles. The number of rotatable bonds is 5. The highest BCUT2D eigenvalue weighted by molar-refractivity contribution is 5.86. The van der Waals surface area contributed by atoms with Crippen LogP contribution in [0.2, 0.25) is 0 Å². The molecule has 4 aliphatic carbocycles. The summed E-state index contributed by atoms with van der Waals surface area (Å²) in [7, 11) is 1.32. The Balaban J connectivity index is 1.39. The van der Waals surface area contributed by atoms with E-state index < -0.39 is 12.0 Å². The van der Waals surface area contributed by atoms with Gasteiger partial charge in [-0.1, -0.05) is 0 Å². The van der Waals surface area contributed by atoms with E-state index in [-0.39, 0.29) is 30.3 Å². The second-order valence-electron chi connectivity index (χ2n) is 8.95. The van der Waals surface area contributed by atoms with Crippen molar-refractivity contribution >= 4 is 17.8 Å². The second kappa shape index (κ2) is 6.83. The van der Waals surface area contributed by atoms with Crippen LogP contribution in [-0.2, 0) is 19.1 Å². The van der Waals surface area contributed by atoms with E-state index in [0.717, 1.165) is 41.9 Å². The molecule has 1 saturated heterocycles. The maximum absolute atomic E-state index is 12.8. The Labute approximate surface area is 154 Å². The fourth-order valence-corrected chi connectivity index (χ4v) is 6.34. The topological polar surface area (TPSA) is 88.9 Å². The molecule has 1 heterocycles. The summed E-state index contributed by atoms with van der Waals surface area (Å²) in [5.74, 6) is 1.78. The van der Waals surface area contributed by atoms with Gasteiger partial charge in [0, 0.05) is 5.54 Å². The molecule has 0 radical (unpaired) electrons. The number of piperazine rings is 1. The second-order valence-corrected chi connectivity index (χ2v) is 8.95. The van der Waals surface area contributed by atoms with Crippen molar-refractivity contribution in [3.8, 4) is 0 Å². The summed E-state index contributed by atoms with van der Waals surface area (Å²) >= 11 is 0. The Bertz CT molecular complexity index is 570. The fourth-order valence-electron chi connectivity index (χ4n) is 6.34. The number of hydrogen-bond donors (Lipinski definition) is 3. The van der Waals surface area contributed by atoms with E-state index in [0.29, 0.717) is 13.1 Å². The molecule has 3 N–H and O–H groups in total. The van der Waals surface area contributed by atoms with Gasteiger partial charge >= 0.3 is 5.97 Å². The van der Waals surface area contributed by atoms with Gasteiger partial charge in [0.05, 0.1) is 20.2 Å². The molecule has 1 unspecified atom stereocenters. The molecule has 4 bridgehead atoms. The number of amides is 2. The summed E-state index contributed by atoms with van der Waals surface area (Å²) in [6.45, 7) is 1.44. The molecule has 7 nitrogen and oxygen atoms in total. The molecule has 0 aromatic carbocycles. The van der Waals surface area contributed by atoms with Crippen LogP contribution in [0.25, 0.3) is 0 Å². The zero-order valence-corrected chi connectivity index (χ0v) is 15.5. The summed E-state index contributed by atoms with van der Waals surface area (Å²) < 4.78 is 4.71. The Hall–Kier alpha value is -1.63. The molecule has 0 aromatic rings. The van der Waals surface area contributed by atoms with Crippen LogP contribution in [0.3, 0.4) is 0 Å². The highest BCUT2D eigenvalue weighted by Crippen LogP contribution is 2.55.